The van der Waals surface area contributed by atoms with Crippen LogP contribution in [0, 0.1) is 27.7 Å². The highest BCUT2D eigenvalue weighted by Gasteiger charge is 2.32. The standard InChI is InChI=1S/C15H18N2O4S/c1-9-6-7-13(8-10(9)2)15(18)17(5)22(19,20)14-11(3)16-21-12(14)4/h6-8H,1-5H3. The van der Waals surface area contributed by atoms with E-state index in [1.165, 1.54) is 20.9 Å². The minimum absolute atomic E-state index is 0.0628. The van der Waals surface area contributed by atoms with Crippen LogP contribution in [0.4, 0.5) is 0 Å². The molecule has 0 saturated heterocycles. The lowest BCUT2D eigenvalue weighted by molar-refractivity contribution is 0.0883. The van der Waals surface area contributed by atoms with Crippen LogP contribution in [-0.4, -0.2) is 30.8 Å². The maximum atomic E-state index is 12.6. The molecule has 0 fully saturated rings. The molecule has 7 heteroatoms. The van der Waals surface area contributed by atoms with Crippen LogP contribution in [-0.2, 0) is 10.0 Å². The molecule has 22 heavy (non-hydrogen) atoms. The zero-order chi connectivity index (χ0) is 16.7. The van der Waals surface area contributed by atoms with E-state index in [-0.39, 0.29) is 16.3 Å². The van der Waals surface area contributed by atoms with Crippen LogP contribution >= 0.6 is 0 Å². The number of carbonyl (C=O) groups excluding carboxylic acids is 1. The van der Waals surface area contributed by atoms with E-state index in [0.29, 0.717) is 5.56 Å². The molecule has 1 aromatic heterocycles. The molecule has 0 saturated carbocycles. The van der Waals surface area contributed by atoms with E-state index >= 15 is 0 Å². The maximum Gasteiger partial charge on any atom is 0.271 e. The third-order valence-corrected chi connectivity index (χ3v) is 5.61. The van der Waals surface area contributed by atoms with Gasteiger partial charge < -0.3 is 4.52 Å². The Morgan fingerprint density at radius 1 is 1.14 bits per heavy atom. The second-order valence-corrected chi connectivity index (χ2v) is 7.14. The minimum atomic E-state index is -4.00. The van der Waals surface area contributed by atoms with Gasteiger partial charge in [-0.2, -0.15) is 0 Å². The lowest BCUT2D eigenvalue weighted by Crippen LogP contribution is -2.33. The number of aryl methyl sites for hydroxylation is 4. The normalized spacial score (nSPS) is 11.5. The molecule has 1 amide bonds. The molecule has 1 aromatic carbocycles. The Labute approximate surface area is 129 Å². The van der Waals surface area contributed by atoms with Gasteiger partial charge >= 0.3 is 0 Å². The van der Waals surface area contributed by atoms with Crippen molar-refractivity contribution in [1.29, 1.82) is 0 Å². The van der Waals surface area contributed by atoms with Crippen molar-refractivity contribution in [2.45, 2.75) is 32.6 Å². The Balaban J connectivity index is 2.44. The van der Waals surface area contributed by atoms with Crippen LogP contribution in [0.15, 0.2) is 27.6 Å². The summed E-state index contributed by atoms with van der Waals surface area (Å²) in [5.41, 5.74) is 2.51. The summed E-state index contributed by atoms with van der Waals surface area (Å²) < 4.78 is 30.8. The summed E-state index contributed by atoms with van der Waals surface area (Å²) in [5.74, 6) is -0.430. The van der Waals surface area contributed by atoms with E-state index in [1.807, 2.05) is 13.8 Å². The number of rotatable bonds is 3. The number of hydrogen-bond acceptors (Lipinski definition) is 5. The third kappa shape index (κ3) is 2.64. The van der Waals surface area contributed by atoms with E-state index in [2.05, 4.69) is 5.16 Å². The first kappa shape index (κ1) is 16.2. The monoisotopic (exact) mass is 322 g/mol. The predicted octanol–water partition coefficient (Wildman–Crippen LogP) is 2.37. The van der Waals surface area contributed by atoms with Crippen molar-refractivity contribution in [3.8, 4) is 0 Å². The quantitative estimate of drug-likeness (QED) is 0.866. The molecule has 2 aromatic rings. The van der Waals surface area contributed by atoms with Gasteiger partial charge in [-0.1, -0.05) is 11.2 Å². The summed E-state index contributed by atoms with van der Waals surface area (Å²) in [6, 6.07) is 5.08. The highest BCUT2D eigenvalue weighted by molar-refractivity contribution is 7.89. The van der Waals surface area contributed by atoms with Crippen molar-refractivity contribution in [3.05, 3.63) is 46.3 Å². The van der Waals surface area contributed by atoms with Crippen LogP contribution in [0.1, 0.15) is 32.9 Å². The van der Waals surface area contributed by atoms with Gasteiger partial charge in [-0.3, -0.25) is 4.79 Å². The van der Waals surface area contributed by atoms with Crippen molar-refractivity contribution < 1.29 is 17.7 Å². The van der Waals surface area contributed by atoms with E-state index in [4.69, 9.17) is 4.52 Å². The number of hydrogen-bond donors (Lipinski definition) is 0. The average Bonchev–Trinajstić information content (AvgIpc) is 2.80. The fraction of sp³-hybridized carbons (Fsp3) is 0.333. The van der Waals surface area contributed by atoms with Crippen LogP contribution < -0.4 is 0 Å². The molecule has 1 heterocycles. The van der Waals surface area contributed by atoms with Crippen molar-refractivity contribution in [2.75, 3.05) is 7.05 Å². The van der Waals surface area contributed by atoms with Gasteiger partial charge in [0, 0.05) is 12.6 Å². The fourth-order valence-electron chi connectivity index (χ4n) is 2.15. The Kier molecular flexibility index (Phi) is 4.10. The minimum Gasteiger partial charge on any atom is -0.360 e. The zero-order valence-corrected chi connectivity index (χ0v) is 14.0. The van der Waals surface area contributed by atoms with Gasteiger partial charge in [0.2, 0.25) is 0 Å². The van der Waals surface area contributed by atoms with Crippen molar-refractivity contribution in [2.24, 2.45) is 0 Å². The molecule has 0 aliphatic heterocycles. The molecular weight excluding hydrogens is 304 g/mol. The number of aromatic nitrogens is 1. The summed E-state index contributed by atoms with van der Waals surface area (Å²) in [7, 11) is -2.76. The van der Waals surface area contributed by atoms with Crippen LogP contribution in [0.25, 0.3) is 0 Å². The first-order valence-electron chi connectivity index (χ1n) is 6.69. The van der Waals surface area contributed by atoms with E-state index in [9.17, 15) is 13.2 Å². The first-order chi connectivity index (χ1) is 10.2. The molecule has 0 N–H and O–H groups in total. The molecule has 118 valence electrons. The molecular formula is C15H18N2O4S. The highest BCUT2D eigenvalue weighted by Crippen LogP contribution is 2.24. The largest absolute Gasteiger partial charge is 0.360 e. The topological polar surface area (TPSA) is 80.5 Å². The van der Waals surface area contributed by atoms with Crippen LogP contribution in [0.2, 0.25) is 0 Å². The predicted molar refractivity (Wildman–Crippen MR) is 81.2 cm³/mol. The van der Waals surface area contributed by atoms with Crippen LogP contribution in [0.5, 0.6) is 0 Å². The summed E-state index contributed by atoms with van der Waals surface area (Å²) >= 11 is 0. The van der Waals surface area contributed by atoms with Gasteiger partial charge in [-0.25, -0.2) is 12.7 Å². The van der Waals surface area contributed by atoms with E-state index in [0.717, 1.165) is 15.4 Å². The number of sulfonamides is 1. The smallest absolute Gasteiger partial charge is 0.271 e. The summed E-state index contributed by atoms with van der Waals surface area (Å²) in [6.45, 7) is 6.82. The van der Waals surface area contributed by atoms with Gasteiger partial charge in [0.05, 0.1) is 0 Å². The average molecular weight is 322 g/mol. The zero-order valence-electron chi connectivity index (χ0n) is 13.2. The van der Waals surface area contributed by atoms with Gasteiger partial charge in [-0.05, 0) is 51.0 Å². The van der Waals surface area contributed by atoms with Gasteiger partial charge in [0.1, 0.15) is 5.69 Å². The summed E-state index contributed by atoms with van der Waals surface area (Å²) in [6.07, 6.45) is 0. The number of benzene rings is 1. The fourth-order valence-corrected chi connectivity index (χ4v) is 3.55. The summed E-state index contributed by atoms with van der Waals surface area (Å²) in [5, 5.41) is 3.63. The Hall–Kier alpha value is -2.15. The number of amides is 1. The first-order valence-corrected chi connectivity index (χ1v) is 8.13. The molecule has 0 bridgehead atoms. The Morgan fingerprint density at radius 3 is 2.27 bits per heavy atom. The van der Waals surface area contributed by atoms with Gasteiger partial charge in [0.25, 0.3) is 15.9 Å². The van der Waals surface area contributed by atoms with Gasteiger partial charge in [-0.15, -0.1) is 0 Å². The molecule has 6 nitrogen and oxygen atoms in total. The van der Waals surface area contributed by atoms with Crippen LogP contribution in [0.3, 0.4) is 0 Å². The molecule has 0 aliphatic rings. The lowest BCUT2D eigenvalue weighted by Gasteiger charge is -2.17. The highest BCUT2D eigenvalue weighted by atomic mass is 32.2. The molecule has 0 unspecified atom stereocenters. The maximum absolute atomic E-state index is 12.6. The van der Waals surface area contributed by atoms with Gasteiger partial charge in [0.15, 0.2) is 10.7 Å². The second-order valence-electron chi connectivity index (χ2n) is 5.23. The summed E-state index contributed by atoms with van der Waals surface area (Å²) in [4.78, 5) is 12.4. The SMILES string of the molecule is Cc1ccc(C(=O)N(C)S(=O)(=O)c2c(C)noc2C)cc1C. The molecule has 0 radical (unpaired) electrons. The Morgan fingerprint density at radius 2 is 1.77 bits per heavy atom. The Bertz CT molecular complexity index is 818. The van der Waals surface area contributed by atoms with E-state index < -0.39 is 15.9 Å². The van der Waals surface area contributed by atoms with Crippen molar-refractivity contribution >= 4 is 15.9 Å². The third-order valence-electron chi connectivity index (χ3n) is 3.63. The number of nitrogens with zero attached hydrogens (tertiary/aromatic N) is 2. The lowest BCUT2D eigenvalue weighted by atomic mass is 10.1. The van der Waals surface area contributed by atoms with Crippen molar-refractivity contribution in [1.82, 2.24) is 9.46 Å². The number of carbonyl (C=O) groups is 1. The molecule has 2 rings (SSSR count). The molecule has 0 spiro atoms. The molecule has 0 aliphatic carbocycles. The second kappa shape index (κ2) is 5.57. The van der Waals surface area contributed by atoms with Crippen molar-refractivity contribution in [3.63, 3.8) is 0 Å². The van der Waals surface area contributed by atoms with E-state index in [1.54, 1.807) is 18.2 Å². The molecule has 0 atom stereocenters.